The number of aryl methyl sites for hydroxylation is 2. The van der Waals surface area contributed by atoms with Crippen molar-refractivity contribution in [3.8, 4) is 5.75 Å². The van der Waals surface area contributed by atoms with Crippen molar-refractivity contribution in [3.05, 3.63) is 74.9 Å². The Balaban J connectivity index is 1.32. The summed E-state index contributed by atoms with van der Waals surface area (Å²) in [5, 5.41) is 8.18. The van der Waals surface area contributed by atoms with E-state index in [4.69, 9.17) is 0 Å². The number of rotatable bonds is 6. The van der Waals surface area contributed by atoms with E-state index < -0.39 is 6.36 Å². The molecular weight excluding hydrogens is 467 g/mol. The molecule has 0 bridgehead atoms. The van der Waals surface area contributed by atoms with Gasteiger partial charge in [0, 0.05) is 41.8 Å². The van der Waals surface area contributed by atoms with Crippen LogP contribution in [-0.4, -0.2) is 31.7 Å². The van der Waals surface area contributed by atoms with E-state index in [-0.39, 0.29) is 23.9 Å². The van der Waals surface area contributed by atoms with Crippen LogP contribution in [0.2, 0.25) is 0 Å². The molecule has 1 aliphatic rings. The van der Waals surface area contributed by atoms with E-state index >= 15 is 0 Å². The van der Waals surface area contributed by atoms with Gasteiger partial charge in [-0.15, -0.1) is 24.5 Å². The Morgan fingerprint density at radius 3 is 2.88 bits per heavy atom. The van der Waals surface area contributed by atoms with Gasteiger partial charge in [0.2, 0.25) is 0 Å². The molecule has 1 N–H and O–H groups in total. The van der Waals surface area contributed by atoms with Crippen LogP contribution in [0.15, 0.2) is 47.8 Å². The van der Waals surface area contributed by atoms with E-state index in [1.807, 2.05) is 13.2 Å². The van der Waals surface area contributed by atoms with E-state index in [1.165, 1.54) is 23.5 Å². The number of fused-ring (bicyclic) bond motifs is 3. The smallest absolute Gasteiger partial charge is 0.405 e. The Bertz CT molecular complexity index is 1390. The molecule has 0 spiro atoms. The Kier molecular flexibility index (Phi) is 5.90. The lowest BCUT2D eigenvalue weighted by molar-refractivity contribution is -0.274. The fraction of sp³-hybridized carbons (Fsp3) is 0.348. The van der Waals surface area contributed by atoms with E-state index in [9.17, 15) is 18.0 Å². The molecule has 1 unspecified atom stereocenters. The highest BCUT2D eigenvalue weighted by molar-refractivity contribution is 7.18. The standard InChI is InChI=1S/C23H22F3N5O2S/c1-30-11-14(9-29-30)12-31-13-28-21-20(22(31)32)17-7-6-16(8-19(17)34-21)27-10-15-4-2-3-5-18(15)33-23(24,25)26/h2-5,9,11,13,16,27H,6-8,10,12H2,1H3. The molecule has 0 radical (unpaired) electrons. The maximum atomic E-state index is 13.2. The Morgan fingerprint density at radius 1 is 1.29 bits per heavy atom. The lowest BCUT2D eigenvalue weighted by atomic mass is 9.93. The maximum absolute atomic E-state index is 13.2. The quantitative estimate of drug-likeness (QED) is 0.446. The molecule has 0 aliphatic heterocycles. The van der Waals surface area contributed by atoms with Crippen LogP contribution in [0.4, 0.5) is 13.2 Å². The Labute approximate surface area is 196 Å². The number of hydrogen-bond acceptors (Lipinski definition) is 6. The molecule has 0 saturated carbocycles. The first kappa shape index (κ1) is 22.6. The second-order valence-corrected chi connectivity index (χ2v) is 9.44. The molecule has 34 heavy (non-hydrogen) atoms. The predicted molar refractivity (Wildman–Crippen MR) is 122 cm³/mol. The summed E-state index contributed by atoms with van der Waals surface area (Å²) in [5.74, 6) is -0.195. The molecule has 0 amide bonds. The SMILES string of the molecule is Cn1cc(Cn2cnc3sc4c(c3c2=O)CCC(NCc2ccccc2OC(F)(F)F)C4)cn1. The first-order chi connectivity index (χ1) is 16.3. The number of benzene rings is 1. The molecule has 1 aromatic carbocycles. The number of nitrogens with one attached hydrogen (secondary N) is 1. The van der Waals surface area contributed by atoms with Gasteiger partial charge in [-0.25, -0.2) is 4.98 Å². The van der Waals surface area contributed by atoms with E-state index in [0.29, 0.717) is 30.3 Å². The van der Waals surface area contributed by atoms with Gasteiger partial charge in [-0.3, -0.25) is 14.0 Å². The van der Waals surface area contributed by atoms with E-state index in [2.05, 4.69) is 20.1 Å². The van der Waals surface area contributed by atoms with Crippen LogP contribution in [-0.2, 0) is 33.0 Å². The number of thiophene rings is 1. The van der Waals surface area contributed by atoms with Gasteiger partial charge in [0.1, 0.15) is 10.6 Å². The number of para-hydroxylation sites is 1. The number of aromatic nitrogens is 4. The highest BCUT2D eigenvalue weighted by Crippen LogP contribution is 2.34. The van der Waals surface area contributed by atoms with Gasteiger partial charge in [-0.1, -0.05) is 18.2 Å². The van der Waals surface area contributed by atoms with Crippen LogP contribution in [0, 0.1) is 0 Å². The lowest BCUT2D eigenvalue weighted by Crippen LogP contribution is -2.34. The molecule has 0 fully saturated rings. The average Bonchev–Trinajstić information content (AvgIpc) is 3.36. The van der Waals surface area contributed by atoms with Crippen molar-refractivity contribution in [2.75, 3.05) is 0 Å². The number of halogens is 3. The van der Waals surface area contributed by atoms with Crippen molar-refractivity contribution in [1.29, 1.82) is 0 Å². The number of alkyl halides is 3. The first-order valence-electron chi connectivity index (χ1n) is 10.8. The van der Waals surface area contributed by atoms with Gasteiger partial charge in [0.15, 0.2) is 0 Å². The van der Waals surface area contributed by atoms with Crippen LogP contribution < -0.4 is 15.6 Å². The monoisotopic (exact) mass is 489 g/mol. The van der Waals surface area contributed by atoms with Crippen LogP contribution >= 0.6 is 11.3 Å². The zero-order valence-corrected chi connectivity index (χ0v) is 19.1. The first-order valence-corrected chi connectivity index (χ1v) is 11.6. The number of ether oxygens (including phenoxy) is 1. The van der Waals surface area contributed by atoms with Crippen LogP contribution in [0.25, 0.3) is 10.2 Å². The number of hydrogen-bond donors (Lipinski definition) is 1. The third kappa shape index (κ3) is 4.71. The summed E-state index contributed by atoms with van der Waals surface area (Å²) < 4.78 is 45.5. The minimum atomic E-state index is -4.73. The van der Waals surface area contributed by atoms with Crippen molar-refractivity contribution < 1.29 is 17.9 Å². The molecule has 0 saturated heterocycles. The zero-order chi connectivity index (χ0) is 23.9. The summed E-state index contributed by atoms with van der Waals surface area (Å²) >= 11 is 1.52. The van der Waals surface area contributed by atoms with Gasteiger partial charge in [0.05, 0.1) is 24.5 Å². The van der Waals surface area contributed by atoms with E-state index in [0.717, 1.165) is 27.3 Å². The Hall–Kier alpha value is -3.18. The summed E-state index contributed by atoms with van der Waals surface area (Å²) in [6.07, 6.45) is 2.62. The van der Waals surface area contributed by atoms with Crippen LogP contribution in [0.1, 0.15) is 28.0 Å². The molecule has 4 aromatic rings. The second kappa shape index (κ2) is 8.88. The van der Waals surface area contributed by atoms with Crippen molar-refractivity contribution in [3.63, 3.8) is 0 Å². The van der Waals surface area contributed by atoms with E-state index in [1.54, 1.807) is 33.9 Å². The largest absolute Gasteiger partial charge is 0.573 e. The highest BCUT2D eigenvalue weighted by atomic mass is 32.1. The summed E-state index contributed by atoms with van der Waals surface area (Å²) in [7, 11) is 1.83. The van der Waals surface area contributed by atoms with Crippen molar-refractivity contribution >= 4 is 21.6 Å². The molecule has 1 aliphatic carbocycles. The predicted octanol–water partition coefficient (Wildman–Crippen LogP) is 3.79. The maximum Gasteiger partial charge on any atom is 0.573 e. The summed E-state index contributed by atoms with van der Waals surface area (Å²) in [6, 6.07) is 6.22. The van der Waals surface area contributed by atoms with Crippen LogP contribution in [0.5, 0.6) is 5.75 Å². The molecule has 7 nitrogen and oxygen atoms in total. The Morgan fingerprint density at radius 2 is 2.12 bits per heavy atom. The van der Waals surface area contributed by atoms with Gasteiger partial charge >= 0.3 is 6.36 Å². The molecule has 1 atom stereocenters. The number of nitrogens with zero attached hydrogens (tertiary/aromatic N) is 4. The second-order valence-electron chi connectivity index (χ2n) is 8.36. The van der Waals surface area contributed by atoms with Gasteiger partial charge in [0.25, 0.3) is 5.56 Å². The van der Waals surface area contributed by atoms with Crippen molar-refractivity contribution in [2.24, 2.45) is 7.05 Å². The molecule has 3 heterocycles. The summed E-state index contributed by atoms with van der Waals surface area (Å²) in [6.45, 7) is 0.664. The highest BCUT2D eigenvalue weighted by Gasteiger charge is 2.32. The molecular formula is C23H22F3N5O2S. The minimum Gasteiger partial charge on any atom is -0.405 e. The van der Waals surface area contributed by atoms with Gasteiger partial charge < -0.3 is 10.1 Å². The normalized spacial score (nSPS) is 16.1. The summed E-state index contributed by atoms with van der Waals surface area (Å²) in [4.78, 5) is 19.5. The minimum absolute atomic E-state index is 0.0593. The third-order valence-electron chi connectivity index (χ3n) is 5.93. The fourth-order valence-corrected chi connectivity index (χ4v) is 5.62. The lowest BCUT2D eigenvalue weighted by Gasteiger charge is -2.24. The molecule has 11 heteroatoms. The van der Waals surface area contributed by atoms with Crippen LogP contribution in [0.3, 0.4) is 0 Å². The van der Waals surface area contributed by atoms with Crippen molar-refractivity contribution in [1.82, 2.24) is 24.6 Å². The average molecular weight is 490 g/mol. The van der Waals surface area contributed by atoms with Gasteiger partial charge in [-0.2, -0.15) is 5.10 Å². The molecule has 178 valence electrons. The van der Waals surface area contributed by atoms with Gasteiger partial charge in [-0.05, 0) is 30.9 Å². The summed E-state index contributed by atoms with van der Waals surface area (Å²) in [5.41, 5.74) is 2.35. The zero-order valence-electron chi connectivity index (χ0n) is 18.3. The molecule has 3 aromatic heterocycles. The molecule has 5 rings (SSSR count). The fourth-order valence-electron chi connectivity index (χ4n) is 4.37. The third-order valence-corrected chi connectivity index (χ3v) is 7.09. The topological polar surface area (TPSA) is 74.0 Å². The van der Waals surface area contributed by atoms with Crippen molar-refractivity contribution in [2.45, 2.75) is 44.8 Å².